The average molecular weight is 231 g/mol. The van der Waals surface area contributed by atoms with Crippen molar-refractivity contribution < 1.29 is 0 Å². The number of hydrogen-bond donors (Lipinski definition) is 0. The van der Waals surface area contributed by atoms with Crippen LogP contribution < -0.4 is 0 Å². The van der Waals surface area contributed by atoms with Gasteiger partial charge in [-0.1, -0.05) is 38.1 Å². The minimum absolute atomic E-state index is 0.0365. The Morgan fingerprint density at radius 3 is 2.18 bits per heavy atom. The van der Waals surface area contributed by atoms with Gasteiger partial charge in [-0.3, -0.25) is 0 Å². The number of fused-ring (bicyclic) bond motifs is 1. The van der Waals surface area contributed by atoms with Crippen molar-refractivity contribution in [3.05, 3.63) is 23.8 Å². The monoisotopic (exact) mass is 231 g/mol. The number of nitrogens with zero attached hydrogens (tertiary/aromatic N) is 3. The third-order valence-electron chi connectivity index (χ3n) is 2.92. The van der Waals surface area contributed by atoms with Gasteiger partial charge in [0.2, 0.25) is 0 Å². The summed E-state index contributed by atoms with van der Waals surface area (Å²) in [7, 11) is 0. The average Bonchev–Trinajstić information content (AvgIpc) is 2.57. The van der Waals surface area contributed by atoms with Crippen molar-refractivity contribution in [2.24, 2.45) is 0 Å². The highest BCUT2D eigenvalue weighted by Crippen LogP contribution is 2.30. The van der Waals surface area contributed by atoms with E-state index in [1.807, 2.05) is 4.68 Å². The molecule has 0 saturated heterocycles. The third-order valence-corrected chi connectivity index (χ3v) is 2.92. The standard InChI is InChI=1S/C14H21N3/c1-13(2,3)10-8-7-9-11-12(10)15-16-17(11)14(4,5)6/h7-9H,1-6H3. The maximum absolute atomic E-state index is 4.36. The maximum Gasteiger partial charge on any atom is 0.116 e. The molecule has 1 aromatic carbocycles. The Balaban J connectivity index is 2.74. The second kappa shape index (κ2) is 3.56. The van der Waals surface area contributed by atoms with E-state index in [0.29, 0.717) is 0 Å². The largest absolute Gasteiger partial charge is 0.239 e. The molecule has 2 rings (SSSR count). The minimum Gasteiger partial charge on any atom is -0.239 e. The summed E-state index contributed by atoms with van der Waals surface area (Å²) in [4.78, 5) is 0. The molecule has 0 aliphatic heterocycles. The van der Waals surface area contributed by atoms with Crippen LogP contribution in [0.4, 0.5) is 0 Å². The Hall–Kier alpha value is -1.38. The van der Waals surface area contributed by atoms with Crippen molar-refractivity contribution in [3.8, 4) is 0 Å². The van der Waals surface area contributed by atoms with Crippen LogP contribution in [0.3, 0.4) is 0 Å². The molecule has 2 aromatic rings. The van der Waals surface area contributed by atoms with Gasteiger partial charge in [-0.15, -0.1) is 5.10 Å². The lowest BCUT2D eigenvalue weighted by molar-refractivity contribution is 0.358. The molecule has 0 N–H and O–H groups in total. The lowest BCUT2D eigenvalue weighted by Crippen LogP contribution is -2.23. The van der Waals surface area contributed by atoms with Crippen molar-refractivity contribution >= 4 is 11.0 Å². The molecule has 1 heterocycles. The molecule has 0 saturated carbocycles. The van der Waals surface area contributed by atoms with E-state index in [1.165, 1.54) is 5.56 Å². The predicted molar refractivity (Wildman–Crippen MR) is 71.2 cm³/mol. The molecule has 0 atom stereocenters. The predicted octanol–water partition coefficient (Wildman–Crippen LogP) is 3.48. The lowest BCUT2D eigenvalue weighted by atomic mass is 9.86. The molecule has 0 fully saturated rings. The Bertz CT molecular complexity index is 539. The molecule has 0 aliphatic rings. The first-order valence-corrected chi connectivity index (χ1v) is 6.06. The van der Waals surface area contributed by atoms with Crippen LogP contribution in [0.15, 0.2) is 18.2 Å². The summed E-state index contributed by atoms with van der Waals surface area (Å²) in [5.41, 5.74) is 3.45. The van der Waals surface area contributed by atoms with Gasteiger partial charge in [-0.25, -0.2) is 4.68 Å². The molecule has 0 radical (unpaired) electrons. The van der Waals surface area contributed by atoms with E-state index in [0.717, 1.165) is 11.0 Å². The van der Waals surface area contributed by atoms with Gasteiger partial charge in [0.05, 0.1) is 11.1 Å². The summed E-state index contributed by atoms with van der Waals surface area (Å²) in [5.74, 6) is 0. The smallest absolute Gasteiger partial charge is 0.116 e. The molecule has 17 heavy (non-hydrogen) atoms. The second-order valence-corrected chi connectivity index (χ2v) is 6.60. The summed E-state index contributed by atoms with van der Waals surface area (Å²) < 4.78 is 2.00. The Labute approximate surface area is 103 Å². The van der Waals surface area contributed by atoms with Crippen LogP contribution in [0, 0.1) is 0 Å². The molecule has 92 valence electrons. The lowest BCUT2D eigenvalue weighted by Gasteiger charge is -2.21. The Morgan fingerprint density at radius 2 is 1.65 bits per heavy atom. The summed E-state index contributed by atoms with van der Waals surface area (Å²) in [6, 6.07) is 6.33. The Kier molecular flexibility index (Phi) is 2.53. The van der Waals surface area contributed by atoms with E-state index in [1.54, 1.807) is 0 Å². The molecule has 1 aromatic heterocycles. The second-order valence-electron chi connectivity index (χ2n) is 6.60. The first-order chi connectivity index (χ1) is 7.71. The highest BCUT2D eigenvalue weighted by atomic mass is 15.4. The molecule has 0 bridgehead atoms. The normalized spacial score (nSPS) is 13.3. The SMILES string of the molecule is CC(C)(C)c1cccc2c1nnn2C(C)(C)C. The first-order valence-electron chi connectivity index (χ1n) is 6.06. The van der Waals surface area contributed by atoms with Crippen LogP contribution in [0.1, 0.15) is 47.1 Å². The van der Waals surface area contributed by atoms with Gasteiger partial charge in [0.1, 0.15) is 5.52 Å². The third kappa shape index (κ3) is 2.06. The zero-order valence-corrected chi connectivity index (χ0v) is 11.6. The van der Waals surface area contributed by atoms with Crippen molar-refractivity contribution in [2.45, 2.75) is 52.5 Å². The van der Waals surface area contributed by atoms with E-state index in [2.05, 4.69) is 70.1 Å². The fourth-order valence-corrected chi connectivity index (χ4v) is 2.05. The van der Waals surface area contributed by atoms with Crippen molar-refractivity contribution in [3.63, 3.8) is 0 Å². The van der Waals surface area contributed by atoms with Crippen LogP contribution in [0.25, 0.3) is 11.0 Å². The van der Waals surface area contributed by atoms with Gasteiger partial charge in [0, 0.05) is 0 Å². The van der Waals surface area contributed by atoms with E-state index < -0.39 is 0 Å². The maximum atomic E-state index is 4.36. The van der Waals surface area contributed by atoms with Gasteiger partial charge in [0.15, 0.2) is 0 Å². The topological polar surface area (TPSA) is 30.7 Å². The molecule has 3 heteroatoms. The molecule has 0 amide bonds. The highest BCUT2D eigenvalue weighted by Gasteiger charge is 2.23. The fourth-order valence-electron chi connectivity index (χ4n) is 2.05. The van der Waals surface area contributed by atoms with Gasteiger partial charge in [0.25, 0.3) is 0 Å². The van der Waals surface area contributed by atoms with Crippen LogP contribution in [0.5, 0.6) is 0 Å². The van der Waals surface area contributed by atoms with E-state index >= 15 is 0 Å². The van der Waals surface area contributed by atoms with E-state index in [-0.39, 0.29) is 11.0 Å². The molecule has 0 spiro atoms. The number of rotatable bonds is 0. The first kappa shape index (κ1) is 12.1. The van der Waals surface area contributed by atoms with Gasteiger partial charge >= 0.3 is 0 Å². The molecule has 0 unspecified atom stereocenters. The van der Waals surface area contributed by atoms with Gasteiger partial charge in [-0.05, 0) is 37.8 Å². The number of aromatic nitrogens is 3. The zero-order valence-electron chi connectivity index (χ0n) is 11.6. The fraction of sp³-hybridized carbons (Fsp3) is 0.571. The van der Waals surface area contributed by atoms with Crippen LogP contribution in [-0.4, -0.2) is 15.0 Å². The quantitative estimate of drug-likeness (QED) is 0.695. The van der Waals surface area contributed by atoms with Gasteiger partial charge < -0.3 is 0 Å². The van der Waals surface area contributed by atoms with Crippen LogP contribution >= 0.6 is 0 Å². The van der Waals surface area contributed by atoms with E-state index in [9.17, 15) is 0 Å². The van der Waals surface area contributed by atoms with Crippen LogP contribution in [0.2, 0.25) is 0 Å². The highest BCUT2D eigenvalue weighted by molar-refractivity contribution is 5.79. The minimum atomic E-state index is -0.0365. The number of benzene rings is 1. The summed E-state index contributed by atoms with van der Waals surface area (Å²) in [6.45, 7) is 13.0. The molecular weight excluding hydrogens is 210 g/mol. The zero-order chi connectivity index (χ0) is 12.8. The van der Waals surface area contributed by atoms with Crippen molar-refractivity contribution in [1.82, 2.24) is 15.0 Å². The van der Waals surface area contributed by atoms with Gasteiger partial charge in [-0.2, -0.15) is 0 Å². The molecule has 3 nitrogen and oxygen atoms in total. The van der Waals surface area contributed by atoms with Crippen molar-refractivity contribution in [2.75, 3.05) is 0 Å². The molecule has 0 aliphatic carbocycles. The summed E-state index contributed by atoms with van der Waals surface area (Å²) in [6.07, 6.45) is 0. The summed E-state index contributed by atoms with van der Waals surface area (Å²) in [5, 5.41) is 8.67. The number of hydrogen-bond acceptors (Lipinski definition) is 2. The summed E-state index contributed by atoms with van der Waals surface area (Å²) >= 11 is 0. The van der Waals surface area contributed by atoms with Crippen molar-refractivity contribution in [1.29, 1.82) is 0 Å². The van der Waals surface area contributed by atoms with Crippen LogP contribution in [-0.2, 0) is 11.0 Å². The van der Waals surface area contributed by atoms with E-state index in [4.69, 9.17) is 0 Å². The Morgan fingerprint density at radius 1 is 1.00 bits per heavy atom. The molecular formula is C14H21N3.